The van der Waals surface area contributed by atoms with E-state index in [1.165, 1.54) is 7.11 Å². The van der Waals surface area contributed by atoms with Gasteiger partial charge >= 0.3 is 5.97 Å². The summed E-state index contributed by atoms with van der Waals surface area (Å²) in [6.07, 6.45) is 0.625. The zero-order valence-electron chi connectivity index (χ0n) is 12.0. The van der Waals surface area contributed by atoms with Crippen LogP contribution in [-0.4, -0.2) is 19.1 Å². The van der Waals surface area contributed by atoms with Crippen molar-refractivity contribution in [3.05, 3.63) is 71.8 Å². The molecule has 2 aromatic carbocycles. The third kappa shape index (κ3) is 5.58. The van der Waals surface area contributed by atoms with Crippen LogP contribution in [0.25, 0.3) is 0 Å². The number of hydrogen-bond donors (Lipinski definition) is 1. The van der Waals surface area contributed by atoms with Gasteiger partial charge in [0.25, 0.3) is 0 Å². The number of hydrogen-bond acceptors (Lipinski definition) is 3. The fraction of sp³-hybridized carbons (Fsp3) is 0.235. The minimum absolute atomic E-state index is 0. The fourth-order valence-electron chi connectivity index (χ4n) is 2.07. The van der Waals surface area contributed by atoms with Crippen molar-refractivity contribution in [1.29, 1.82) is 0 Å². The van der Waals surface area contributed by atoms with Gasteiger partial charge in [0.2, 0.25) is 0 Å². The summed E-state index contributed by atoms with van der Waals surface area (Å²) in [7, 11) is 1.42. The first-order valence-corrected chi connectivity index (χ1v) is 6.68. The molecule has 0 fully saturated rings. The van der Waals surface area contributed by atoms with Crippen LogP contribution >= 0.6 is 12.4 Å². The van der Waals surface area contributed by atoms with Crippen molar-refractivity contribution in [2.24, 2.45) is 0 Å². The Bertz CT molecular complexity index is 531. The van der Waals surface area contributed by atoms with Crippen LogP contribution in [0, 0.1) is 0 Å². The summed E-state index contributed by atoms with van der Waals surface area (Å²) in [5.41, 5.74) is 2.26. The molecule has 3 nitrogen and oxygen atoms in total. The highest BCUT2D eigenvalue weighted by Gasteiger charge is 2.18. The van der Waals surface area contributed by atoms with Crippen LogP contribution in [0.5, 0.6) is 0 Å². The number of carbonyl (C=O) groups excluding carboxylic acids is 1. The van der Waals surface area contributed by atoms with Gasteiger partial charge in [-0.15, -0.1) is 12.4 Å². The Kier molecular flexibility index (Phi) is 7.51. The summed E-state index contributed by atoms with van der Waals surface area (Å²) >= 11 is 0. The maximum atomic E-state index is 11.9. The number of rotatable bonds is 6. The number of halogens is 1. The molecule has 0 aliphatic carbocycles. The van der Waals surface area contributed by atoms with Gasteiger partial charge in [-0.05, 0) is 17.5 Å². The predicted molar refractivity (Wildman–Crippen MR) is 86.5 cm³/mol. The highest BCUT2D eigenvalue weighted by Crippen LogP contribution is 2.06. The van der Waals surface area contributed by atoms with Crippen LogP contribution in [0.1, 0.15) is 11.1 Å². The van der Waals surface area contributed by atoms with Crippen molar-refractivity contribution in [3.63, 3.8) is 0 Å². The Morgan fingerprint density at radius 1 is 1.00 bits per heavy atom. The van der Waals surface area contributed by atoms with Gasteiger partial charge in [-0.2, -0.15) is 0 Å². The Morgan fingerprint density at radius 2 is 1.52 bits per heavy atom. The highest BCUT2D eigenvalue weighted by atomic mass is 35.5. The van der Waals surface area contributed by atoms with Crippen LogP contribution in [-0.2, 0) is 22.5 Å². The number of ether oxygens (including phenoxy) is 1. The first-order chi connectivity index (χ1) is 9.79. The van der Waals surface area contributed by atoms with E-state index in [1.54, 1.807) is 0 Å². The van der Waals surface area contributed by atoms with E-state index in [2.05, 4.69) is 5.32 Å². The summed E-state index contributed by atoms with van der Waals surface area (Å²) in [6, 6.07) is 19.6. The third-order valence-electron chi connectivity index (χ3n) is 3.16. The van der Waals surface area contributed by atoms with Crippen LogP contribution in [0.15, 0.2) is 60.7 Å². The van der Waals surface area contributed by atoms with E-state index >= 15 is 0 Å². The molecular formula is C17H20ClNO2. The Balaban J connectivity index is 0.00000220. The lowest BCUT2D eigenvalue weighted by atomic mass is 10.1. The van der Waals surface area contributed by atoms with Gasteiger partial charge in [-0.1, -0.05) is 60.7 Å². The SMILES string of the molecule is COC(=O)[C@@H](Cc1ccccc1)NCc1ccccc1.Cl. The molecule has 1 atom stereocenters. The summed E-state index contributed by atoms with van der Waals surface area (Å²) in [5, 5.41) is 3.26. The van der Waals surface area contributed by atoms with E-state index in [0.29, 0.717) is 13.0 Å². The van der Waals surface area contributed by atoms with Crippen LogP contribution in [0.3, 0.4) is 0 Å². The normalized spacial score (nSPS) is 11.3. The first kappa shape index (κ1) is 17.2. The lowest BCUT2D eigenvalue weighted by Gasteiger charge is -2.16. The topological polar surface area (TPSA) is 38.3 Å². The monoisotopic (exact) mass is 305 g/mol. The molecule has 21 heavy (non-hydrogen) atoms. The zero-order valence-corrected chi connectivity index (χ0v) is 12.8. The summed E-state index contributed by atoms with van der Waals surface area (Å²) in [6.45, 7) is 0.646. The van der Waals surface area contributed by atoms with Crippen molar-refractivity contribution < 1.29 is 9.53 Å². The molecule has 0 bridgehead atoms. The molecule has 0 heterocycles. The average molecular weight is 306 g/mol. The molecule has 2 rings (SSSR count). The first-order valence-electron chi connectivity index (χ1n) is 6.68. The molecule has 4 heteroatoms. The third-order valence-corrected chi connectivity index (χ3v) is 3.16. The van der Waals surface area contributed by atoms with Crippen LogP contribution < -0.4 is 5.32 Å². The molecule has 0 amide bonds. The molecule has 1 N–H and O–H groups in total. The Labute approximate surface area is 131 Å². The van der Waals surface area contributed by atoms with Crippen molar-refractivity contribution >= 4 is 18.4 Å². The van der Waals surface area contributed by atoms with Gasteiger partial charge in [0.15, 0.2) is 0 Å². The lowest BCUT2D eigenvalue weighted by Crippen LogP contribution is -2.39. The Morgan fingerprint density at radius 3 is 2.05 bits per heavy atom. The molecule has 0 saturated heterocycles. The molecule has 2 aromatic rings. The van der Waals surface area contributed by atoms with E-state index in [9.17, 15) is 4.79 Å². The van der Waals surface area contributed by atoms with Crippen molar-refractivity contribution in [1.82, 2.24) is 5.32 Å². The van der Waals surface area contributed by atoms with Gasteiger partial charge in [0, 0.05) is 6.54 Å². The van der Waals surface area contributed by atoms with E-state index in [1.807, 2.05) is 60.7 Å². The summed E-state index contributed by atoms with van der Waals surface area (Å²) < 4.78 is 4.87. The van der Waals surface area contributed by atoms with Crippen LogP contribution in [0.2, 0.25) is 0 Å². The molecule has 0 saturated carbocycles. The van der Waals surface area contributed by atoms with Gasteiger partial charge in [0.05, 0.1) is 7.11 Å². The molecule has 0 unspecified atom stereocenters. The van der Waals surface area contributed by atoms with Crippen molar-refractivity contribution in [2.45, 2.75) is 19.0 Å². The second-order valence-electron chi connectivity index (χ2n) is 4.63. The quantitative estimate of drug-likeness (QED) is 0.834. The Hall–Kier alpha value is -1.84. The molecule has 112 valence electrons. The maximum Gasteiger partial charge on any atom is 0.323 e. The molecule has 0 aromatic heterocycles. The summed E-state index contributed by atoms with van der Waals surface area (Å²) in [5.74, 6) is -0.232. The minimum Gasteiger partial charge on any atom is -0.468 e. The largest absolute Gasteiger partial charge is 0.468 e. The van der Waals surface area contributed by atoms with Gasteiger partial charge in [-0.3, -0.25) is 4.79 Å². The van der Waals surface area contributed by atoms with Gasteiger partial charge in [0.1, 0.15) is 6.04 Å². The number of nitrogens with one attached hydrogen (secondary N) is 1. The zero-order chi connectivity index (χ0) is 14.2. The average Bonchev–Trinajstić information content (AvgIpc) is 2.52. The minimum atomic E-state index is -0.331. The number of carbonyl (C=O) groups is 1. The second-order valence-corrected chi connectivity index (χ2v) is 4.63. The molecule has 0 radical (unpaired) electrons. The smallest absolute Gasteiger partial charge is 0.323 e. The number of benzene rings is 2. The lowest BCUT2D eigenvalue weighted by molar-refractivity contribution is -0.143. The van der Waals surface area contributed by atoms with Gasteiger partial charge in [-0.25, -0.2) is 0 Å². The second kappa shape index (κ2) is 9.16. The molecular weight excluding hydrogens is 286 g/mol. The molecule has 0 aliphatic rings. The number of esters is 1. The van der Waals surface area contributed by atoms with E-state index in [-0.39, 0.29) is 24.4 Å². The standard InChI is InChI=1S/C17H19NO2.ClH/c1-20-17(19)16(12-14-8-4-2-5-9-14)18-13-15-10-6-3-7-11-15;/h2-11,16,18H,12-13H2,1H3;1H/t16-;/m1./s1. The van der Waals surface area contributed by atoms with Crippen molar-refractivity contribution in [3.8, 4) is 0 Å². The molecule has 0 spiro atoms. The summed E-state index contributed by atoms with van der Waals surface area (Å²) in [4.78, 5) is 11.9. The van der Waals surface area contributed by atoms with Gasteiger partial charge < -0.3 is 10.1 Å². The predicted octanol–water partition coefficient (Wildman–Crippen LogP) is 2.98. The fourth-order valence-corrected chi connectivity index (χ4v) is 2.07. The van der Waals surface area contributed by atoms with E-state index in [4.69, 9.17) is 4.74 Å². The highest BCUT2D eigenvalue weighted by molar-refractivity contribution is 5.85. The number of methoxy groups -OCH3 is 1. The maximum absolute atomic E-state index is 11.9. The van der Waals surface area contributed by atoms with Crippen molar-refractivity contribution in [2.75, 3.05) is 7.11 Å². The van der Waals surface area contributed by atoms with Crippen LogP contribution in [0.4, 0.5) is 0 Å². The molecule has 0 aliphatic heterocycles. The van der Waals surface area contributed by atoms with E-state index in [0.717, 1.165) is 11.1 Å². The van der Waals surface area contributed by atoms with E-state index < -0.39 is 0 Å².